The third-order valence-corrected chi connectivity index (χ3v) is 2.97. The molecule has 2 rings (SSSR count). The Hall–Kier alpha value is -1.40. The highest BCUT2D eigenvalue weighted by Crippen LogP contribution is 2.20. The summed E-state index contributed by atoms with van der Waals surface area (Å²) in [4.78, 5) is 13.0. The van der Waals surface area contributed by atoms with Gasteiger partial charge in [0.15, 0.2) is 0 Å². The molecule has 0 saturated carbocycles. The Morgan fingerprint density at radius 1 is 1.75 bits per heavy atom. The van der Waals surface area contributed by atoms with Crippen molar-refractivity contribution in [3.63, 3.8) is 0 Å². The average Bonchev–Trinajstić information content (AvgIpc) is 2.75. The van der Waals surface area contributed by atoms with Crippen molar-refractivity contribution in [3.8, 4) is 0 Å². The molecule has 3 N–H and O–H groups in total. The van der Waals surface area contributed by atoms with Gasteiger partial charge < -0.3 is 10.8 Å². The van der Waals surface area contributed by atoms with Gasteiger partial charge in [-0.05, 0) is 6.42 Å². The molecule has 6 heteroatoms. The standard InChI is InChI=1S/C10H16N4O2/c1-13-5-8(4-12-13)6-14-3-2-10(11,7-14)9(15)16/h4-5H,2-3,6-7,11H2,1H3,(H,15,16). The maximum absolute atomic E-state index is 11.0. The number of rotatable bonds is 3. The van der Waals surface area contributed by atoms with Crippen molar-refractivity contribution in [3.05, 3.63) is 18.0 Å². The van der Waals surface area contributed by atoms with Crippen molar-refractivity contribution in [1.29, 1.82) is 0 Å². The van der Waals surface area contributed by atoms with Gasteiger partial charge in [0, 0.05) is 38.4 Å². The molecular formula is C10H16N4O2. The summed E-state index contributed by atoms with van der Waals surface area (Å²) < 4.78 is 1.73. The first-order chi connectivity index (χ1) is 7.49. The van der Waals surface area contributed by atoms with Gasteiger partial charge in [0.2, 0.25) is 0 Å². The van der Waals surface area contributed by atoms with Crippen LogP contribution in [-0.4, -0.2) is 44.4 Å². The second-order valence-electron chi connectivity index (χ2n) is 4.44. The van der Waals surface area contributed by atoms with Gasteiger partial charge in [-0.1, -0.05) is 0 Å². The lowest BCUT2D eigenvalue weighted by Crippen LogP contribution is -2.50. The minimum Gasteiger partial charge on any atom is -0.480 e. The topological polar surface area (TPSA) is 84.4 Å². The fourth-order valence-electron chi connectivity index (χ4n) is 2.04. The molecule has 0 spiro atoms. The fourth-order valence-corrected chi connectivity index (χ4v) is 2.04. The van der Waals surface area contributed by atoms with Crippen LogP contribution in [0.4, 0.5) is 0 Å². The molecule has 1 aromatic heterocycles. The Kier molecular flexibility index (Phi) is 2.69. The van der Waals surface area contributed by atoms with Crippen LogP contribution < -0.4 is 5.73 Å². The van der Waals surface area contributed by atoms with E-state index in [1.165, 1.54) is 0 Å². The van der Waals surface area contributed by atoms with Gasteiger partial charge in [0.25, 0.3) is 0 Å². The van der Waals surface area contributed by atoms with Crippen LogP contribution in [0.5, 0.6) is 0 Å². The van der Waals surface area contributed by atoms with Crippen molar-refractivity contribution in [2.24, 2.45) is 12.8 Å². The number of nitrogens with zero attached hydrogens (tertiary/aromatic N) is 3. The molecule has 1 aliphatic heterocycles. The van der Waals surface area contributed by atoms with Crippen LogP contribution in [0.25, 0.3) is 0 Å². The van der Waals surface area contributed by atoms with Crippen LogP contribution >= 0.6 is 0 Å². The van der Waals surface area contributed by atoms with Crippen LogP contribution in [-0.2, 0) is 18.4 Å². The molecule has 2 heterocycles. The lowest BCUT2D eigenvalue weighted by atomic mass is 10.0. The third kappa shape index (κ3) is 2.07. The summed E-state index contributed by atoms with van der Waals surface area (Å²) in [5, 5.41) is 13.1. The third-order valence-electron chi connectivity index (χ3n) is 2.97. The van der Waals surface area contributed by atoms with Gasteiger partial charge in [-0.25, -0.2) is 0 Å². The van der Waals surface area contributed by atoms with Crippen molar-refractivity contribution in [1.82, 2.24) is 14.7 Å². The van der Waals surface area contributed by atoms with Crippen LogP contribution in [0.15, 0.2) is 12.4 Å². The first-order valence-electron chi connectivity index (χ1n) is 5.22. The van der Waals surface area contributed by atoms with Gasteiger partial charge in [0.05, 0.1) is 6.20 Å². The average molecular weight is 224 g/mol. The fraction of sp³-hybridized carbons (Fsp3) is 0.600. The number of aromatic nitrogens is 2. The summed E-state index contributed by atoms with van der Waals surface area (Å²) in [6.07, 6.45) is 4.22. The maximum atomic E-state index is 11.0. The van der Waals surface area contributed by atoms with E-state index in [2.05, 4.69) is 5.10 Å². The summed E-state index contributed by atoms with van der Waals surface area (Å²) in [5.74, 6) is -0.916. The minimum absolute atomic E-state index is 0.400. The number of carbonyl (C=O) groups is 1. The van der Waals surface area contributed by atoms with Crippen LogP contribution in [0.1, 0.15) is 12.0 Å². The van der Waals surface area contributed by atoms with E-state index in [0.29, 0.717) is 19.5 Å². The highest BCUT2D eigenvalue weighted by atomic mass is 16.4. The van der Waals surface area contributed by atoms with Crippen LogP contribution in [0, 0.1) is 0 Å². The van der Waals surface area contributed by atoms with E-state index in [1.807, 2.05) is 18.1 Å². The largest absolute Gasteiger partial charge is 0.480 e. The zero-order valence-corrected chi connectivity index (χ0v) is 9.26. The number of aliphatic carboxylic acids is 1. The van der Waals surface area contributed by atoms with E-state index < -0.39 is 11.5 Å². The van der Waals surface area contributed by atoms with Gasteiger partial charge in [0.1, 0.15) is 5.54 Å². The molecule has 1 unspecified atom stereocenters. The van der Waals surface area contributed by atoms with E-state index in [4.69, 9.17) is 10.8 Å². The maximum Gasteiger partial charge on any atom is 0.325 e. The molecule has 1 atom stereocenters. The SMILES string of the molecule is Cn1cc(CN2CCC(N)(C(=O)O)C2)cn1. The summed E-state index contributed by atoms with van der Waals surface area (Å²) >= 11 is 0. The number of hydrogen-bond donors (Lipinski definition) is 2. The zero-order valence-electron chi connectivity index (χ0n) is 9.26. The Morgan fingerprint density at radius 3 is 3.00 bits per heavy atom. The number of likely N-dealkylation sites (tertiary alicyclic amines) is 1. The molecule has 6 nitrogen and oxygen atoms in total. The summed E-state index contributed by atoms with van der Waals surface area (Å²) in [6.45, 7) is 1.83. The van der Waals surface area contributed by atoms with Crippen molar-refractivity contribution < 1.29 is 9.90 Å². The molecule has 88 valence electrons. The molecule has 16 heavy (non-hydrogen) atoms. The normalized spacial score (nSPS) is 26.1. The number of aryl methyl sites for hydroxylation is 1. The Labute approximate surface area is 93.6 Å². The van der Waals surface area contributed by atoms with Crippen LogP contribution in [0.3, 0.4) is 0 Å². The smallest absolute Gasteiger partial charge is 0.325 e. The predicted octanol–water partition coefficient (Wildman–Crippen LogP) is -0.592. The summed E-state index contributed by atoms with van der Waals surface area (Å²) in [5.41, 5.74) is 5.79. The highest BCUT2D eigenvalue weighted by molar-refractivity contribution is 5.79. The highest BCUT2D eigenvalue weighted by Gasteiger charge is 2.41. The molecule has 0 amide bonds. The van der Waals surface area contributed by atoms with E-state index in [1.54, 1.807) is 10.9 Å². The number of hydrogen-bond acceptors (Lipinski definition) is 4. The predicted molar refractivity (Wildman–Crippen MR) is 57.7 cm³/mol. The number of carboxylic acid groups (broad SMARTS) is 1. The molecule has 1 saturated heterocycles. The monoisotopic (exact) mass is 224 g/mol. The number of nitrogens with two attached hydrogens (primary N) is 1. The molecule has 0 aliphatic carbocycles. The molecule has 1 aliphatic rings. The van der Waals surface area contributed by atoms with Gasteiger partial charge in [-0.2, -0.15) is 5.10 Å². The Balaban J connectivity index is 1.97. The Bertz CT molecular complexity index is 403. The Morgan fingerprint density at radius 2 is 2.50 bits per heavy atom. The number of carboxylic acids is 1. The molecule has 1 aromatic rings. The quantitative estimate of drug-likeness (QED) is 0.716. The van der Waals surface area contributed by atoms with Crippen molar-refractivity contribution in [2.75, 3.05) is 13.1 Å². The molecule has 0 radical (unpaired) electrons. The van der Waals surface area contributed by atoms with E-state index >= 15 is 0 Å². The molecule has 1 fully saturated rings. The molecule has 0 bridgehead atoms. The summed E-state index contributed by atoms with van der Waals surface area (Å²) in [7, 11) is 1.86. The lowest BCUT2D eigenvalue weighted by Gasteiger charge is -2.19. The second kappa shape index (κ2) is 3.88. The first-order valence-corrected chi connectivity index (χ1v) is 5.22. The van der Waals surface area contributed by atoms with Crippen molar-refractivity contribution in [2.45, 2.75) is 18.5 Å². The van der Waals surface area contributed by atoms with E-state index in [0.717, 1.165) is 12.1 Å². The van der Waals surface area contributed by atoms with Crippen LogP contribution in [0.2, 0.25) is 0 Å². The second-order valence-corrected chi connectivity index (χ2v) is 4.44. The minimum atomic E-state index is -1.08. The lowest BCUT2D eigenvalue weighted by molar-refractivity contribution is -0.142. The zero-order chi connectivity index (χ0) is 11.8. The van der Waals surface area contributed by atoms with E-state index in [9.17, 15) is 4.79 Å². The molecule has 0 aromatic carbocycles. The van der Waals surface area contributed by atoms with Gasteiger partial charge in [-0.15, -0.1) is 0 Å². The molecular weight excluding hydrogens is 208 g/mol. The summed E-state index contributed by atoms with van der Waals surface area (Å²) in [6, 6.07) is 0. The van der Waals surface area contributed by atoms with Crippen molar-refractivity contribution >= 4 is 5.97 Å². The van der Waals surface area contributed by atoms with E-state index in [-0.39, 0.29) is 0 Å². The van der Waals surface area contributed by atoms with Gasteiger partial charge in [-0.3, -0.25) is 14.4 Å². The van der Waals surface area contributed by atoms with Gasteiger partial charge >= 0.3 is 5.97 Å². The first kappa shape index (κ1) is 11.1.